The van der Waals surface area contributed by atoms with Crippen LogP contribution in [0.2, 0.25) is 0 Å². The summed E-state index contributed by atoms with van der Waals surface area (Å²) in [5.74, 6) is 0.309. The Morgan fingerprint density at radius 2 is 1.88 bits per heavy atom. The molecule has 1 N–H and O–H groups in total. The number of aromatic nitrogens is 1. The summed E-state index contributed by atoms with van der Waals surface area (Å²) < 4.78 is 27.8. The van der Waals surface area contributed by atoms with Crippen molar-refractivity contribution in [1.29, 1.82) is 0 Å². The molecule has 0 bridgehead atoms. The first-order valence-corrected chi connectivity index (χ1v) is 10.6. The molecule has 2 aromatic rings. The Labute approximate surface area is 149 Å². The summed E-state index contributed by atoms with van der Waals surface area (Å²) in [6, 6.07) is 4.68. The van der Waals surface area contributed by atoms with Crippen molar-refractivity contribution in [3.8, 4) is 0 Å². The molecule has 1 saturated heterocycles. The van der Waals surface area contributed by atoms with Crippen LogP contribution < -0.4 is 4.87 Å². The summed E-state index contributed by atoms with van der Waals surface area (Å²) in [4.78, 5) is 28.1. The van der Waals surface area contributed by atoms with Gasteiger partial charge in [0.2, 0.25) is 15.9 Å². The highest BCUT2D eigenvalue weighted by Crippen LogP contribution is 2.29. The molecule has 2 heterocycles. The number of hydrogen-bond donors (Lipinski definition) is 1. The van der Waals surface area contributed by atoms with Crippen molar-refractivity contribution in [2.75, 3.05) is 26.2 Å². The average Bonchev–Trinajstić information content (AvgIpc) is 2.92. The number of sulfonamides is 1. The Balaban J connectivity index is 1.50. The van der Waals surface area contributed by atoms with Gasteiger partial charge in [0.05, 0.1) is 15.1 Å². The third-order valence-corrected chi connectivity index (χ3v) is 7.77. The van der Waals surface area contributed by atoms with Crippen LogP contribution in [0.3, 0.4) is 0 Å². The monoisotopic (exact) mass is 381 g/mol. The zero-order valence-corrected chi connectivity index (χ0v) is 15.2. The van der Waals surface area contributed by atoms with Crippen LogP contribution in [-0.2, 0) is 14.8 Å². The van der Waals surface area contributed by atoms with Crippen LogP contribution >= 0.6 is 11.3 Å². The van der Waals surface area contributed by atoms with E-state index in [9.17, 15) is 18.0 Å². The quantitative estimate of drug-likeness (QED) is 0.866. The highest BCUT2D eigenvalue weighted by molar-refractivity contribution is 7.89. The molecule has 2 aliphatic rings. The first kappa shape index (κ1) is 16.7. The molecule has 1 aromatic heterocycles. The molecule has 1 aromatic carbocycles. The number of H-pyrrole nitrogens is 1. The number of piperazine rings is 1. The van der Waals surface area contributed by atoms with Crippen LogP contribution in [0.15, 0.2) is 27.9 Å². The number of nitrogens with one attached hydrogen (secondary N) is 1. The van der Waals surface area contributed by atoms with Gasteiger partial charge < -0.3 is 9.88 Å². The fraction of sp³-hybridized carbons (Fsp3) is 0.500. The Morgan fingerprint density at radius 1 is 1.16 bits per heavy atom. The number of fused-ring (bicyclic) bond motifs is 1. The van der Waals surface area contributed by atoms with Gasteiger partial charge in [0, 0.05) is 32.1 Å². The van der Waals surface area contributed by atoms with Crippen LogP contribution in [0.1, 0.15) is 19.3 Å². The van der Waals surface area contributed by atoms with Crippen LogP contribution in [0.25, 0.3) is 10.2 Å². The van der Waals surface area contributed by atoms with Crippen molar-refractivity contribution in [2.24, 2.45) is 5.92 Å². The molecule has 25 heavy (non-hydrogen) atoms. The molecule has 0 spiro atoms. The maximum Gasteiger partial charge on any atom is 0.305 e. The first-order valence-electron chi connectivity index (χ1n) is 8.37. The van der Waals surface area contributed by atoms with E-state index in [1.165, 1.54) is 10.4 Å². The number of hydrogen-bond acceptors (Lipinski definition) is 5. The molecular formula is C16H19N3O4S2. The molecule has 0 unspecified atom stereocenters. The average molecular weight is 381 g/mol. The maximum absolute atomic E-state index is 12.9. The van der Waals surface area contributed by atoms with Gasteiger partial charge in [-0.05, 0) is 31.0 Å². The van der Waals surface area contributed by atoms with Gasteiger partial charge in [-0.25, -0.2) is 8.42 Å². The second-order valence-electron chi connectivity index (χ2n) is 6.53. The lowest BCUT2D eigenvalue weighted by molar-refractivity contribution is -0.139. The molecule has 0 radical (unpaired) electrons. The molecule has 1 amide bonds. The van der Waals surface area contributed by atoms with E-state index in [1.54, 1.807) is 17.0 Å². The Morgan fingerprint density at radius 3 is 2.52 bits per heavy atom. The van der Waals surface area contributed by atoms with Gasteiger partial charge >= 0.3 is 4.87 Å². The van der Waals surface area contributed by atoms with Crippen molar-refractivity contribution in [3.63, 3.8) is 0 Å². The second kappa shape index (κ2) is 6.22. The largest absolute Gasteiger partial charge is 0.340 e. The normalized spacial score (nSPS) is 19.9. The molecule has 134 valence electrons. The van der Waals surface area contributed by atoms with E-state index >= 15 is 0 Å². The summed E-state index contributed by atoms with van der Waals surface area (Å²) in [6.45, 7) is 1.49. The minimum atomic E-state index is -3.62. The van der Waals surface area contributed by atoms with Crippen molar-refractivity contribution in [2.45, 2.75) is 24.2 Å². The minimum absolute atomic E-state index is 0.141. The summed E-state index contributed by atoms with van der Waals surface area (Å²) in [7, 11) is -3.62. The highest BCUT2D eigenvalue weighted by Gasteiger charge is 2.34. The maximum atomic E-state index is 12.9. The lowest BCUT2D eigenvalue weighted by atomic mass is 9.84. The molecule has 0 atom stereocenters. The van der Waals surface area contributed by atoms with Gasteiger partial charge in [0.15, 0.2) is 0 Å². The van der Waals surface area contributed by atoms with E-state index in [0.29, 0.717) is 36.4 Å². The topological polar surface area (TPSA) is 90.6 Å². The first-order chi connectivity index (χ1) is 11.9. The number of carbonyl (C=O) groups is 1. The zero-order chi connectivity index (χ0) is 17.6. The predicted molar refractivity (Wildman–Crippen MR) is 95.1 cm³/mol. The summed E-state index contributed by atoms with van der Waals surface area (Å²) in [5, 5.41) is 0. The van der Waals surface area contributed by atoms with Crippen LogP contribution in [0.4, 0.5) is 0 Å². The second-order valence-corrected chi connectivity index (χ2v) is 9.48. The molecular weight excluding hydrogens is 362 g/mol. The molecule has 7 nitrogen and oxygen atoms in total. The minimum Gasteiger partial charge on any atom is -0.340 e. The van der Waals surface area contributed by atoms with Crippen molar-refractivity contribution in [3.05, 3.63) is 27.9 Å². The standard InChI is InChI=1S/C16H19N3O4S2/c20-15(11-2-1-3-11)18-6-8-19(9-7-18)25(22,23)12-4-5-13-14(10-12)24-16(21)17-13/h4-5,10-11H,1-3,6-9H2,(H,17,21). The summed E-state index contributed by atoms with van der Waals surface area (Å²) in [6.07, 6.45) is 3.02. The lowest BCUT2D eigenvalue weighted by Crippen LogP contribution is -2.52. The zero-order valence-electron chi connectivity index (χ0n) is 13.6. The molecule has 1 aliphatic carbocycles. The number of carbonyl (C=O) groups excluding carboxylic acids is 1. The Bertz CT molecular complexity index is 967. The van der Waals surface area contributed by atoms with Crippen molar-refractivity contribution >= 4 is 37.5 Å². The third kappa shape index (κ3) is 3.00. The van der Waals surface area contributed by atoms with E-state index in [0.717, 1.165) is 30.6 Å². The van der Waals surface area contributed by atoms with Gasteiger partial charge in [-0.1, -0.05) is 17.8 Å². The molecule has 4 rings (SSSR count). The SMILES string of the molecule is O=C(C1CCC1)N1CCN(S(=O)(=O)c2ccc3[nH]c(=O)sc3c2)CC1. The third-order valence-electron chi connectivity index (χ3n) is 5.03. The number of thiazole rings is 1. The Kier molecular flexibility index (Phi) is 4.17. The van der Waals surface area contributed by atoms with Gasteiger partial charge in [-0.15, -0.1) is 0 Å². The van der Waals surface area contributed by atoms with Crippen LogP contribution in [-0.4, -0.2) is 54.7 Å². The van der Waals surface area contributed by atoms with Gasteiger partial charge in [-0.2, -0.15) is 4.31 Å². The molecule has 1 saturated carbocycles. The van der Waals surface area contributed by atoms with E-state index in [1.807, 2.05) is 0 Å². The smallest absolute Gasteiger partial charge is 0.305 e. The van der Waals surface area contributed by atoms with Gasteiger partial charge in [0.25, 0.3) is 0 Å². The number of rotatable bonds is 3. The molecule has 1 aliphatic heterocycles. The van der Waals surface area contributed by atoms with Gasteiger partial charge in [-0.3, -0.25) is 9.59 Å². The lowest BCUT2D eigenvalue weighted by Gasteiger charge is -2.37. The van der Waals surface area contributed by atoms with E-state index < -0.39 is 10.0 Å². The van der Waals surface area contributed by atoms with Crippen molar-refractivity contribution < 1.29 is 13.2 Å². The summed E-state index contributed by atoms with van der Waals surface area (Å²) in [5.41, 5.74) is 0.643. The fourth-order valence-corrected chi connectivity index (χ4v) is 5.60. The summed E-state index contributed by atoms with van der Waals surface area (Å²) >= 11 is 0.999. The van der Waals surface area contributed by atoms with Gasteiger partial charge in [0.1, 0.15) is 0 Å². The van der Waals surface area contributed by atoms with Crippen LogP contribution in [0.5, 0.6) is 0 Å². The van der Waals surface area contributed by atoms with E-state index in [-0.39, 0.29) is 21.6 Å². The van der Waals surface area contributed by atoms with E-state index in [4.69, 9.17) is 0 Å². The predicted octanol–water partition coefficient (Wildman–Crippen LogP) is 1.22. The van der Waals surface area contributed by atoms with Crippen LogP contribution in [0, 0.1) is 5.92 Å². The molecule has 9 heteroatoms. The van der Waals surface area contributed by atoms with Crippen molar-refractivity contribution in [1.82, 2.24) is 14.2 Å². The number of aromatic amines is 1. The number of nitrogens with zero attached hydrogens (tertiary/aromatic N) is 2. The number of amides is 1. The fourth-order valence-electron chi connectivity index (χ4n) is 3.30. The molecule has 2 fully saturated rings. The highest BCUT2D eigenvalue weighted by atomic mass is 32.2. The van der Waals surface area contributed by atoms with E-state index in [2.05, 4.69) is 4.98 Å². The number of benzene rings is 1. The Hall–Kier alpha value is -1.71.